The third kappa shape index (κ3) is 6.03. The molecule has 1 heterocycles. The van der Waals surface area contributed by atoms with E-state index in [0.29, 0.717) is 42.7 Å². The summed E-state index contributed by atoms with van der Waals surface area (Å²) in [6.45, 7) is 2.77. The summed E-state index contributed by atoms with van der Waals surface area (Å²) >= 11 is 0. The quantitative estimate of drug-likeness (QED) is 0.357. The smallest absolute Gasteiger partial charge is 0.416 e. The molecule has 0 saturated carbocycles. The third-order valence-electron chi connectivity index (χ3n) is 6.37. The summed E-state index contributed by atoms with van der Waals surface area (Å²) in [5.41, 5.74) is 7.51. The Hall–Kier alpha value is -4.18. The maximum absolute atomic E-state index is 13.1. The number of nitrogens with zero attached hydrogens (tertiary/aromatic N) is 1. The number of nitrogens with two attached hydrogens (primary N) is 1. The number of hydrogen-bond donors (Lipinski definition) is 2. The predicted molar refractivity (Wildman–Crippen MR) is 134 cm³/mol. The minimum absolute atomic E-state index is 0.163. The van der Waals surface area contributed by atoms with Crippen LogP contribution in [0.15, 0.2) is 66.7 Å². The second kappa shape index (κ2) is 11.1. The van der Waals surface area contributed by atoms with Crippen molar-refractivity contribution >= 4 is 17.8 Å². The average molecular weight is 526 g/mol. The number of amides is 2. The Morgan fingerprint density at radius 1 is 1.05 bits per heavy atom. The molecule has 0 aromatic heterocycles. The van der Waals surface area contributed by atoms with Crippen molar-refractivity contribution in [2.75, 3.05) is 19.6 Å². The highest BCUT2D eigenvalue weighted by atomic mass is 19.4. The van der Waals surface area contributed by atoms with Crippen LogP contribution in [0.5, 0.6) is 5.75 Å². The van der Waals surface area contributed by atoms with Crippen molar-refractivity contribution in [3.05, 3.63) is 89.0 Å². The maximum Gasteiger partial charge on any atom is 0.416 e. The molecule has 0 radical (unpaired) electrons. The van der Waals surface area contributed by atoms with Gasteiger partial charge in [-0.05, 0) is 59.0 Å². The third-order valence-corrected chi connectivity index (χ3v) is 6.37. The minimum Gasteiger partial charge on any atom is -0.423 e. The number of esters is 1. The Morgan fingerprint density at radius 2 is 1.76 bits per heavy atom. The maximum atomic E-state index is 13.1. The first kappa shape index (κ1) is 26.9. The molecule has 2 amide bonds. The van der Waals surface area contributed by atoms with Crippen LogP contribution in [0, 0.1) is 0 Å². The normalized spacial score (nSPS) is 15.4. The van der Waals surface area contributed by atoms with E-state index in [1.807, 2.05) is 4.90 Å². The minimum atomic E-state index is -4.46. The molecule has 1 aliphatic rings. The summed E-state index contributed by atoms with van der Waals surface area (Å²) in [6, 6.07) is 15.4. The van der Waals surface area contributed by atoms with E-state index in [2.05, 4.69) is 5.32 Å². The first-order chi connectivity index (χ1) is 18.0. The number of carbonyl (C=O) groups excluding carboxylic acids is 3. The van der Waals surface area contributed by atoms with Gasteiger partial charge in [-0.15, -0.1) is 0 Å². The van der Waals surface area contributed by atoms with Crippen LogP contribution in [0.1, 0.15) is 40.0 Å². The van der Waals surface area contributed by atoms with Crippen LogP contribution in [-0.4, -0.2) is 42.3 Å². The number of carbonyl (C=O) groups is 3. The summed E-state index contributed by atoms with van der Waals surface area (Å²) in [5.74, 6) is -1.08. The lowest BCUT2D eigenvalue weighted by Gasteiger charge is -2.35. The zero-order chi connectivity index (χ0) is 27.4. The van der Waals surface area contributed by atoms with Crippen molar-refractivity contribution in [3.8, 4) is 16.9 Å². The standard InChI is InChI=1S/C28H26F3N3O4/c1-17(35)33-13-15-34-14-12-19-16-21(10-11-23(19)25(34)26(32)36)38-27(37)24-5-3-2-4-22(24)18-6-8-20(9-7-18)28(29,30)31/h2-11,16,25H,12-15H2,1H3,(H2,32,36)(H,33,35). The first-order valence-electron chi connectivity index (χ1n) is 11.9. The lowest BCUT2D eigenvalue weighted by molar-refractivity contribution is -0.137. The summed E-state index contributed by atoms with van der Waals surface area (Å²) in [6.07, 6.45) is -3.88. The van der Waals surface area contributed by atoms with E-state index in [0.717, 1.165) is 17.7 Å². The van der Waals surface area contributed by atoms with Gasteiger partial charge in [0.2, 0.25) is 11.8 Å². The van der Waals surface area contributed by atoms with Crippen LogP contribution in [0.3, 0.4) is 0 Å². The van der Waals surface area contributed by atoms with Crippen LogP contribution in [0.2, 0.25) is 0 Å². The molecule has 38 heavy (non-hydrogen) atoms. The molecule has 1 atom stereocenters. The summed E-state index contributed by atoms with van der Waals surface area (Å²) in [5, 5.41) is 2.71. The molecular formula is C28H26F3N3O4. The van der Waals surface area contributed by atoms with Gasteiger partial charge in [0.25, 0.3) is 0 Å². The molecule has 1 aliphatic heterocycles. The lowest BCUT2D eigenvalue weighted by atomic mass is 9.92. The van der Waals surface area contributed by atoms with E-state index in [-0.39, 0.29) is 17.2 Å². The van der Waals surface area contributed by atoms with Gasteiger partial charge in [0, 0.05) is 26.6 Å². The van der Waals surface area contributed by atoms with Gasteiger partial charge in [-0.1, -0.05) is 36.4 Å². The van der Waals surface area contributed by atoms with Crippen molar-refractivity contribution < 1.29 is 32.3 Å². The number of alkyl halides is 3. The van der Waals surface area contributed by atoms with Gasteiger partial charge in [-0.3, -0.25) is 14.5 Å². The Balaban J connectivity index is 1.54. The highest BCUT2D eigenvalue weighted by Crippen LogP contribution is 2.34. The van der Waals surface area contributed by atoms with Gasteiger partial charge in [-0.2, -0.15) is 13.2 Å². The molecule has 0 spiro atoms. The Bertz CT molecular complexity index is 1360. The Kier molecular flexibility index (Phi) is 7.82. The number of benzene rings is 3. The molecule has 3 aromatic rings. The number of hydrogen-bond acceptors (Lipinski definition) is 5. The number of nitrogens with one attached hydrogen (secondary N) is 1. The number of fused-ring (bicyclic) bond motifs is 1. The van der Waals surface area contributed by atoms with Crippen LogP contribution in [-0.2, 0) is 22.2 Å². The van der Waals surface area contributed by atoms with Crippen molar-refractivity contribution in [2.24, 2.45) is 5.73 Å². The van der Waals surface area contributed by atoms with Crippen molar-refractivity contribution in [3.63, 3.8) is 0 Å². The Labute approximate surface area is 217 Å². The SMILES string of the molecule is CC(=O)NCCN1CCc2cc(OC(=O)c3ccccc3-c3ccc(C(F)(F)F)cc3)ccc2C1C(N)=O. The fraction of sp³-hybridized carbons (Fsp3) is 0.250. The molecule has 3 aromatic carbocycles. The van der Waals surface area contributed by atoms with E-state index in [4.69, 9.17) is 10.5 Å². The highest BCUT2D eigenvalue weighted by molar-refractivity contribution is 5.98. The first-order valence-corrected chi connectivity index (χ1v) is 11.9. The molecule has 0 saturated heterocycles. The second-order valence-electron chi connectivity index (χ2n) is 8.94. The number of primary amides is 1. The second-order valence-corrected chi connectivity index (χ2v) is 8.94. The number of ether oxygens (including phenoxy) is 1. The van der Waals surface area contributed by atoms with Crippen molar-refractivity contribution in [2.45, 2.75) is 25.6 Å². The molecule has 0 fully saturated rings. The molecule has 0 bridgehead atoms. The molecule has 198 valence electrons. The van der Waals surface area contributed by atoms with Gasteiger partial charge in [0.15, 0.2) is 0 Å². The van der Waals surface area contributed by atoms with Crippen LogP contribution < -0.4 is 15.8 Å². The van der Waals surface area contributed by atoms with E-state index >= 15 is 0 Å². The molecular weight excluding hydrogens is 499 g/mol. The zero-order valence-corrected chi connectivity index (χ0v) is 20.5. The molecule has 3 N–H and O–H groups in total. The van der Waals surface area contributed by atoms with Gasteiger partial charge < -0.3 is 15.8 Å². The van der Waals surface area contributed by atoms with Gasteiger partial charge in [0.1, 0.15) is 11.8 Å². The van der Waals surface area contributed by atoms with Crippen LogP contribution in [0.25, 0.3) is 11.1 Å². The fourth-order valence-electron chi connectivity index (χ4n) is 4.58. The monoisotopic (exact) mass is 525 g/mol. The largest absolute Gasteiger partial charge is 0.423 e. The zero-order valence-electron chi connectivity index (χ0n) is 20.5. The summed E-state index contributed by atoms with van der Waals surface area (Å²) in [4.78, 5) is 38.4. The summed E-state index contributed by atoms with van der Waals surface area (Å²) < 4.78 is 44.5. The van der Waals surface area contributed by atoms with E-state index in [9.17, 15) is 27.6 Å². The molecule has 10 heteroatoms. The molecule has 0 aliphatic carbocycles. The number of halogens is 3. The van der Waals surface area contributed by atoms with Crippen LogP contribution >= 0.6 is 0 Å². The van der Waals surface area contributed by atoms with Gasteiger partial charge in [0.05, 0.1) is 11.1 Å². The van der Waals surface area contributed by atoms with E-state index in [1.54, 1.807) is 42.5 Å². The molecule has 1 unspecified atom stereocenters. The fourth-order valence-corrected chi connectivity index (χ4v) is 4.58. The van der Waals surface area contributed by atoms with Gasteiger partial charge >= 0.3 is 12.1 Å². The Morgan fingerprint density at radius 3 is 2.42 bits per heavy atom. The van der Waals surface area contributed by atoms with E-state index < -0.39 is 29.7 Å². The van der Waals surface area contributed by atoms with Crippen LogP contribution in [0.4, 0.5) is 13.2 Å². The van der Waals surface area contributed by atoms with Crippen molar-refractivity contribution in [1.29, 1.82) is 0 Å². The molecule has 7 nitrogen and oxygen atoms in total. The summed E-state index contributed by atoms with van der Waals surface area (Å²) in [7, 11) is 0. The number of rotatable bonds is 7. The lowest BCUT2D eigenvalue weighted by Crippen LogP contribution is -2.45. The topological polar surface area (TPSA) is 102 Å². The highest BCUT2D eigenvalue weighted by Gasteiger charge is 2.32. The van der Waals surface area contributed by atoms with Crippen molar-refractivity contribution in [1.82, 2.24) is 10.2 Å². The predicted octanol–water partition coefficient (Wildman–Crippen LogP) is 4.11. The average Bonchev–Trinajstić information content (AvgIpc) is 2.87. The molecule has 4 rings (SSSR count). The van der Waals surface area contributed by atoms with Gasteiger partial charge in [-0.25, -0.2) is 4.79 Å². The van der Waals surface area contributed by atoms with E-state index in [1.165, 1.54) is 19.1 Å².